The zero-order valence-corrected chi connectivity index (χ0v) is 14.2. The van der Waals surface area contributed by atoms with Crippen molar-refractivity contribution < 1.29 is 14.3 Å². The minimum Gasteiger partial charge on any atom is -0.492 e. The molecule has 1 fully saturated rings. The number of piperidine rings is 1. The highest BCUT2D eigenvalue weighted by Gasteiger charge is 2.24. The maximum atomic E-state index is 12.5. The van der Waals surface area contributed by atoms with Crippen LogP contribution in [0.3, 0.4) is 0 Å². The molecular formula is C18H22N4O3. The van der Waals surface area contributed by atoms with Crippen LogP contribution in [0.1, 0.15) is 19.8 Å². The van der Waals surface area contributed by atoms with Gasteiger partial charge in [0.2, 0.25) is 5.88 Å². The fourth-order valence-electron chi connectivity index (χ4n) is 2.74. The molecule has 1 aromatic carbocycles. The number of aromatic nitrogens is 2. The quantitative estimate of drug-likeness (QED) is 0.904. The van der Waals surface area contributed by atoms with E-state index in [0.717, 1.165) is 12.8 Å². The summed E-state index contributed by atoms with van der Waals surface area (Å²) in [7, 11) is 0. The SMILES string of the molecule is CCOc1ccccc1NC(=O)N1CCC(Oc2cnccn2)CC1. The van der Waals surface area contributed by atoms with E-state index in [-0.39, 0.29) is 12.1 Å². The number of ether oxygens (including phenoxy) is 2. The van der Waals surface area contributed by atoms with E-state index in [1.807, 2.05) is 31.2 Å². The summed E-state index contributed by atoms with van der Waals surface area (Å²) in [5.41, 5.74) is 0.687. The standard InChI is InChI=1S/C18H22N4O3/c1-2-24-16-6-4-3-5-15(16)21-18(23)22-11-7-14(8-12-22)25-17-13-19-9-10-20-17/h3-6,9-10,13-14H,2,7-8,11-12H2,1H3,(H,21,23). The molecule has 132 valence electrons. The van der Waals surface area contributed by atoms with Gasteiger partial charge in [-0.05, 0) is 19.1 Å². The van der Waals surface area contributed by atoms with Crippen LogP contribution in [0, 0.1) is 0 Å². The van der Waals surface area contributed by atoms with Crippen LogP contribution >= 0.6 is 0 Å². The number of para-hydroxylation sites is 2. The molecule has 2 amide bonds. The summed E-state index contributed by atoms with van der Waals surface area (Å²) in [5.74, 6) is 1.20. The van der Waals surface area contributed by atoms with Crippen molar-refractivity contribution in [2.75, 3.05) is 25.0 Å². The smallest absolute Gasteiger partial charge is 0.321 e. The number of nitrogens with one attached hydrogen (secondary N) is 1. The van der Waals surface area contributed by atoms with Crippen molar-refractivity contribution in [3.63, 3.8) is 0 Å². The van der Waals surface area contributed by atoms with Crippen molar-refractivity contribution in [2.24, 2.45) is 0 Å². The fraction of sp³-hybridized carbons (Fsp3) is 0.389. The first kappa shape index (κ1) is 17.0. The topological polar surface area (TPSA) is 76.6 Å². The number of benzene rings is 1. The summed E-state index contributed by atoms with van der Waals surface area (Å²) in [6.07, 6.45) is 6.39. The van der Waals surface area contributed by atoms with E-state index >= 15 is 0 Å². The molecule has 0 bridgehead atoms. The number of likely N-dealkylation sites (tertiary alicyclic amines) is 1. The minimum atomic E-state index is -0.120. The molecule has 3 rings (SSSR count). The van der Waals surface area contributed by atoms with Crippen LogP contribution in [0.4, 0.5) is 10.5 Å². The Morgan fingerprint density at radius 2 is 2.08 bits per heavy atom. The van der Waals surface area contributed by atoms with Crippen LogP contribution in [0.15, 0.2) is 42.9 Å². The molecule has 2 aromatic rings. The molecule has 7 nitrogen and oxygen atoms in total. The lowest BCUT2D eigenvalue weighted by Crippen LogP contribution is -2.43. The Kier molecular flexibility index (Phi) is 5.66. The first-order valence-electron chi connectivity index (χ1n) is 8.46. The van der Waals surface area contributed by atoms with Crippen molar-refractivity contribution in [3.8, 4) is 11.6 Å². The van der Waals surface area contributed by atoms with E-state index < -0.39 is 0 Å². The number of rotatable bonds is 5. The van der Waals surface area contributed by atoms with E-state index in [0.29, 0.717) is 37.0 Å². The molecule has 1 saturated heterocycles. The second kappa shape index (κ2) is 8.32. The summed E-state index contributed by atoms with van der Waals surface area (Å²) in [5, 5.41) is 2.93. The van der Waals surface area contributed by atoms with Crippen molar-refractivity contribution in [1.82, 2.24) is 14.9 Å². The van der Waals surface area contributed by atoms with Gasteiger partial charge in [-0.25, -0.2) is 9.78 Å². The number of hydrogen-bond acceptors (Lipinski definition) is 5. The number of nitrogens with zero attached hydrogens (tertiary/aromatic N) is 3. The van der Waals surface area contributed by atoms with Gasteiger partial charge in [0.25, 0.3) is 0 Å². The van der Waals surface area contributed by atoms with Crippen molar-refractivity contribution >= 4 is 11.7 Å². The zero-order valence-electron chi connectivity index (χ0n) is 14.2. The molecule has 7 heteroatoms. The Morgan fingerprint density at radius 3 is 2.80 bits per heavy atom. The van der Waals surface area contributed by atoms with Gasteiger partial charge in [-0.15, -0.1) is 0 Å². The highest BCUT2D eigenvalue weighted by atomic mass is 16.5. The minimum absolute atomic E-state index is 0.0523. The second-order valence-corrected chi connectivity index (χ2v) is 5.71. The van der Waals surface area contributed by atoms with Gasteiger partial charge in [0.05, 0.1) is 18.5 Å². The number of anilines is 1. The summed E-state index contributed by atoms with van der Waals surface area (Å²) in [6, 6.07) is 7.33. The van der Waals surface area contributed by atoms with Crippen LogP contribution in [0.25, 0.3) is 0 Å². The van der Waals surface area contributed by atoms with Gasteiger partial charge in [-0.1, -0.05) is 12.1 Å². The molecule has 2 heterocycles. The largest absolute Gasteiger partial charge is 0.492 e. The van der Waals surface area contributed by atoms with Crippen LogP contribution in [0.5, 0.6) is 11.6 Å². The molecule has 25 heavy (non-hydrogen) atoms. The first-order chi connectivity index (χ1) is 12.3. The number of urea groups is 1. The highest BCUT2D eigenvalue weighted by molar-refractivity contribution is 5.91. The van der Waals surface area contributed by atoms with Gasteiger partial charge < -0.3 is 19.7 Å². The van der Waals surface area contributed by atoms with Crippen molar-refractivity contribution in [2.45, 2.75) is 25.9 Å². The highest BCUT2D eigenvalue weighted by Crippen LogP contribution is 2.24. The molecule has 0 saturated carbocycles. The van der Waals surface area contributed by atoms with Crippen molar-refractivity contribution in [1.29, 1.82) is 0 Å². The van der Waals surface area contributed by atoms with Gasteiger partial charge in [0.1, 0.15) is 11.9 Å². The number of hydrogen-bond donors (Lipinski definition) is 1. The molecular weight excluding hydrogens is 320 g/mol. The Labute approximate surface area is 147 Å². The van der Waals surface area contributed by atoms with Gasteiger partial charge >= 0.3 is 6.03 Å². The van der Waals surface area contributed by atoms with E-state index in [1.54, 1.807) is 23.5 Å². The zero-order chi connectivity index (χ0) is 17.5. The van der Waals surface area contributed by atoms with Gasteiger partial charge in [0.15, 0.2) is 0 Å². The van der Waals surface area contributed by atoms with Crippen LogP contribution < -0.4 is 14.8 Å². The number of carbonyl (C=O) groups excluding carboxylic acids is 1. The van der Waals surface area contributed by atoms with Gasteiger partial charge in [-0.2, -0.15) is 0 Å². The van der Waals surface area contributed by atoms with Crippen LogP contribution in [-0.2, 0) is 0 Å². The summed E-state index contributed by atoms with van der Waals surface area (Å²) < 4.78 is 11.3. The lowest BCUT2D eigenvalue weighted by Gasteiger charge is -2.32. The molecule has 1 aromatic heterocycles. The summed E-state index contributed by atoms with van der Waals surface area (Å²) >= 11 is 0. The molecule has 0 aliphatic carbocycles. The van der Waals surface area contributed by atoms with Crippen LogP contribution in [-0.4, -0.2) is 46.7 Å². The molecule has 0 unspecified atom stereocenters. The van der Waals surface area contributed by atoms with E-state index in [2.05, 4.69) is 15.3 Å². The molecule has 1 N–H and O–H groups in total. The third-order valence-electron chi connectivity index (χ3n) is 3.98. The monoisotopic (exact) mass is 342 g/mol. The van der Waals surface area contributed by atoms with E-state index in [1.165, 1.54) is 0 Å². The third kappa shape index (κ3) is 4.59. The Hall–Kier alpha value is -2.83. The maximum absolute atomic E-state index is 12.5. The molecule has 0 atom stereocenters. The normalized spacial score (nSPS) is 14.8. The Morgan fingerprint density at radius 1 is 1.28 bits per heavy atom. The molecule has 1 aliphatic rings. The molecule has 0 radical (unpaired) electrons. The Bertz CT molecular complexity index is 688. The van der Waals surface area contributed by atoms with Gasteiger partial charge in [-0.3, -0.25) is 4.98 Å². The lowest BCUT2D eigenvalue weighted by atomic mass is 10.1. The molecule has 0 spiro atoms. The van der Waals surface area contributed by atoms with E-state index in [9.17, 15) is 4.79 Å². The first-order valence-corrected chi connectivity index (χ1v) is 8.46. The summed E-state index contributed by atoms with van der Waals surface area (Å²) in [4.78, 5) is 22.4. The average Bonchev–Trinajstić information content (AvgIpc) is 2.65. The number of carbonyl (C=O) groups is 1. The lowest BCUT2D eigenvalue weighted by molar-refractivity contribution is 0.111. The average molecular weight is 342 g/mol. The van der Waals surface area contributed by atoms with Crippen molar-refractivity contribution in [3.05, 3.63) is 42.9 Å². The second-order valence-electron chi connectivity index (χ2n) is 5.71. The Balaban J connectivity index is 1.52. The third-order valence-corrected chi connectivity index (χ3v) is 3.98. The predicted octanol–water partition coefficient (Wildman–Crippen LogP) is 2.95. The predicted molar refractivity (Wildman–Crippen MR) is 93.9 cm³/mol. The number of amides is 2. The van der Waals surface area contributed by atoms with Crippen LogP contribution in [0.2, 0.25) is 0 Å². The molecule has 1 aliphatic heterocycles. The maximum Gasteiger partial charge on any atom is 0.321 e. The summed E-state index contributed by atoms with van der Waals surface area (Å²) in [6.45, 7) is 3.74. The van der Waals surface area contributed by atoms with E-state index in [4.69, 9.17) is 9.47 Å². The van der Waals surface area contributed by atoms with Gasteiger partial charge in [0, 0.05) is 38.3 Å². The fourth-order valence-corrected chi connectivity index (χ4v) is 2.74.